The fraction of sp³-hybridized carbons (Fsp3) is 0.583. The van der Waals surface area contributed by atoms with Crippen molar-refractivity contribution in [2.24, 2.45) is 0 Å². The number of aromatic nitrogens is 2. The molecule has 0 N–H and O–H groups in total. The molecular formula is C12H14ClN3O4. The summed E-state index contributed by atoms with van der Waals surface area (Å²) in [5.41, 5.74) is 0.0552. The molecule has 0 aromatic carbocycles. The molecule has 0 aliphatic carbocycles. The van der Waals surface area contributed by atoms with Crippen molar-refractivity contribution in [1.29, 1.82) is 0 Å². The molecule has 8 heteroatoms. The number of hydrogen-bond donors (Lipinski definition) is 0. The van der Waals surface area contributed by atoms with Gasteiger partial charge < -0.3 is 19.1 Å². The van der Waals surface area contributed by atoms with E-state index in [1.165, 1.54) is 7.11 Å². The fourth-order valence-corrected chi connectivity index (χ4v) is 2.70. The molecule has 1 fully saturated rings. The van der Waals surface area contributed by atoms with Gasteiger partial charge >= 0.3 is 5.97 Å². The molecule has 3 heterocycles. The maximum atomic E-state index is 11.8. The first kappa shape index (κ1) is 13.4. The number of carbonyl (C=O) groups is 1. The van der Waals surface area contributed by atoms with Gasteiger partial charge in [0.25, 0.3) is 0 Å². The number of hydrogen-bond acceptors (Lipinski definition) is 7. The number of ether oxygens (including phenoxy) is 3. The van der Waals surface area contributed by atoms with Crippen LogP contribution in [-0.2, 0) is 9.47 Å². The Kier molecular flexibility index (Phi) is 3.39. The Morgan fingerprint density at radius 2 is 2.20 bits per heavy atom. The van der Waals surface area contributed by atoms with E-state index >= 15 is 0 Å². The number of carbonyl (C=O) groups excluding carboxylic acids is 1. The van der Waals surface area contributed by atoms with Crippen molar-refractivity contribution in [3.63, 3.8) is 0 Å². The summed E-state index contributed by atoms with van der Waals surface area (Å²) in [5.74, 6) is 0.258. The van der Waals surface area contributed by atoms with Crippen LogP contribution in [0.2, 0.25) is 5.28 Å². The Balaban J connectivity index is 2.11. The lowest BCUT2D eigenvalue weighted by atomic mass is 10.1. The predicted molar refractivity (Wildman–Crippen MR) is 70.4 cm³/mol. The maximum absolute atomic E-state index is 11.8. The number of fused-ring (bicyclic) bond motifs is 3. The number of nitrogens with zero attached hydrogens (tertiary/aromatic N) is 3. The first-order valence-electron chi connectivity index (χ1n) is 6.26. The molecule has 0 radical (unpaired) electrons. The van der Waals surface area contributed by atoms with Crippen molar-refractivity contribution < 1.29 is 19.0 Å². The van der Waals surface area contributed by atoms with Crippen molar-refractivity contribution in [3.05, 3.63) is 11.0 Å². The lowest BCUT2D eigenvalue weighted by Gasteiger charge is -2.44. The van der Waals surface area contributed by atoms with E-state index in [4.69, 9.17) is 25.8 Å². The highest BCUT2D eigenvalue weighted by Crippen LogP contribution is 2.38. The number of anilines is 1. The average molecular weight is 300 g/mol. The van der Waals surface area contributed by atoms with Crippen molar-refractivity contribution in [2.45, 2.75) is 19.0 Å². The second kappa shape index (κ2) is 5.06. The van der Waals surface area contributed by atoms with Gasteiger partial charge in [-0.1, -0.05) is 0 Å². The van der Waals surface area contributed by atoms with Gasteiger partial charge in [0, 0.05) is 0 Å². The fourth-order valence-electron chi connectivity index (χ4n) is 2.54. The maximum Gasteiger partial charge on any atom is 0.360 e. The second-order valence-corrected chi connectivity index (χ2v) is 5.08. The molecule has 2 aliphatic rings. The lowest BCUT2D eigenvalue weighted by molar-refractivity contribution is 0.0466. The summed E-state index contributed by atoms with van der Waals surface area (Å²) in [6.07, 6.45) is 0. The molecule has 0 amide bonds. The molecule has 108 valence electrons. The molecule has 0 saturated carbocycles. The van der Waals surface area contributed by atoms with Crippen LogP contribution in [-0.4, -0.2) is 55.0 Å². The molecule has 3 rings (SSSR count). The minimum atomic E-state index is -0.593. The molecule has 1 aromatic rings. The molecule has 0 spiro atoms. The number of halogens is 1. The molecule has 7 nitrogen and oxygen atoms in total. The van der Waals surface area contributed by atoms with Crippen LogP contribution in [0.15, 0.2) is 0 Å². The van der Waals surface area contributed by atoms with Gasteiger partial charge in [-0.05, 0) is 18.5 Å². The van der Waals surface area contributed by atoms with Crippen LogP contribution >= 0.6 is 11.6 Å². The van der Waals surface area contributed by atoms with E-state index in [1.807, 2.05) is 6.92 Å². The van der Waals surface area contributed by atoms with Gasteiger partial charge in [0.2, 0.25) is 5.28 Å². The number of rotatable bonds is 1. The highest BCUT2D eigenvalue weighted by Gasteiger charge is 2.38. The number of esters is 1. The molecule has 1 saturated heterocycles. The third kappa shape index (κ3) is 2.06. The summed E-state index contributed by atoms with van der Waals surface area (Å²) in [7, 11) is 1.29. The SMILES string of the molecule is COC(=O)c1nc(Cl)nc2c1OCC1COCC(C)N21. The first-order valence-corrected chi connectivity index (χ1v) is 6.64. The molecule has 1 aromatic heterocycles. The molecular weight excluding hydrogens is 286 g/mol. The summed E-state index contributed by atoms with van der Waals surface area (Å²) < 4.78 is 15.9. The lowest BCUT2D eigenvalue weighted by Crippen LogP contribution is -2.56. The van der Waals surface area contributed by atoms with Gasteiger partial charge in [-0.25, -0.2) is 9.78 Å². The van der Waals surface area contributed by atoms with E-state index in [9.17, 15) is 4.79 Å². The zero-order valence-corrected chi connectivity index (χ0v) is 11.9. The van der Waals surface area contributed by atoms with Crippen LogP contribution in [0.4, 0.5) is 5.82 Å². The third-order valence-corrected chi connectivity index (χ3v) is 3.57. The molecule has 0 bridgehead atoms. The van der Waals surface area contributed by atoms with Crippen LogP contribution in [0.1, 0.15) is 17.4 Å². The van der Waals surface area contributed by atoms with Crippen LogP contribution in [0.5, 0.6) is 5.75 Å². The van der Waals surface area contributed by atoms with E-state index < -0.39 is 5.97 Å². The summed E-state index contributed by atoms with van der Waals surface area (Å²) in [6.45, 7) is 3.57. The minimum Gasteiger partial charge on any atom is -0.485 e. The smallest absolute Gasteiger partial charge is 0.360 e. The van der Waals surface area contributed by atoms with E-state index in [0.29, 0.717) is 31.4 Å². The van der Waals surface area contributed by atoms with Gasteiger partial charge in [-0.3, -0.25) is 0 Å². The standard InChI is InChI=1S/C12H14ClN3O4/c1-6-3-19-4-7-5-20-9-8(11(17)18-2)14-12(13)15-10(9)16(6)7/h6-7H,3-5H2,1-2H3. The van der Waals surface area contributed by atoms with Crippen LogP contribution in [0.3, 0.4) is 0 Å². The summed E-state index contributed by atoms with van der Waals surface area (Å²) in [4.78, 5) is 22.0. The van der Waals surface area contributed by atoms with E-state index in [2.05, 4.69) is 14.9 Å². The van der Waals surface area contributed by atoms with Crippen molar-refractivity contribution in [2.75, 3.05) is 31.8 Å². The van der Waals surface area contributed by atoms with Gasteiger partial charge in [0.05, 0.1) is 32.4 Å². The average Bonchev–Trinajstić information content (AvgIpc) is 2.45. The number of methoxy groups -OCH3 is 1. The van der Waals surface area contributed by atoms with Crippen LogP contribution in [0, 0.1) is 0 Å². The number of morpholine rings is 1. The quantitative estimate of drug-likeness (QED) is 0.563. The summed E-state index contributed by atoms with van der Waals surface area (Å²) in [5, 5.41) is -0.00732. The summed E-state index contributed by atoms with van der Waals surface area (Å²) in [6, 6.07) is 0.176. The molecule has 2 unspecified atom stereocenters. The molecule has 2 aliphatic heterocycles. The minimum absolute atomic E-state index is 0.00732. The Hall–Kier alpha value is -1.60. The van der Waals surface area contributed by atoms with Gasteiger partial charge in [-0.2, -0.15) is 4.98 Å². The monoisotopic (exact) mass is 299 g/mol. The van der Waals surface area contributed by atoms with E-state index in [0.717, 1.165) is 0 Å². The van der Waals surface area contributed by atoms with Crippen molar-refractivity contribution >= 4 is 23.4 Å². The van der Waals surface area contributed by atoms with Gasteiger partial charge in [0.15, 0.2) is 17.3 Å². The van der Waals surface area contributed by atoms with Gasteiger partial charge in [0.1, 0.15) is 6.61 Å². The van der Waals surface area contributed by atoms with Gasteiger partial charge in [-0.15, -0.1) is 0 Å². The zero-order valence-electron chi connectivity index (χ0n) is 11.1. The van der Waals surface area contributed by atoms with E-state index in [-0.39, 0.29) is 23.1 Å². The highest BCUT2D eigenvalue weighted by atomic mass is 35.5. The third-order valence-electron chi connectivity index (χ3n) is 3.40. The van der Waals surface area contributed by atoms with Crippen molar-refractivity contribution in [3.8, 4) is 5.75 Å². The first-order chi connectivity index (χ1) is 9.61. The molecule has 20 heavy (non-hydrogen) atoms. The Morgan fingerprint density at radius 3 is 2.95 bits per heavy atom. The summed E-state index contributed by atoms with van der Waals surface area (Å²) >= 11 is 5.92. The Morgan fingerprint density at radius 1 is 1.40 bits per heavy atom. The topological polar surface area (TPSA) is 73.8 Å². The van der Waals surface area contributed by atoms with Crippen LogP contribution < -0.4 is 9.64 Å². The Bertz CT molecular complexity index is 554. The van der Waals surface area contributed by atoms with Crippen molar-refractivity contribution in [1.82, 2.24) is 9.97 Å². The Labute approximate surface area is 120 Å². The molecule has 2 atom stereocenters. The highest BCUT2D eigenvalue weighted by molar-refractivity contribution is 6.28. The van der Waals surface area contributed by atoms with E-state index in [1.54, 1.807) is 0 Å². The second-order valence-electron chi connectivity index (χ2n) is 4.74. The van der Waals surface area contributed by atoms with Crippen LogP contribution in [0.25, 0.3) is 0 Å². The largest absolute Gasteiger partial charge is 0.485 e. The predicted octanol–water partition coefficient (Wildman–Crippen LogP) is 0.903. The zero-order chi connectivity index (χ0) is 14.3. The normalized spacial score (nSPS) is 24.4.